The summed E-state index contributed by atoms with van der Waals surface area (Å²) in [6.07, 6.45) is 0. The van der Waals surface area contributed by atoms with E-state index in [2.05, 4.69) is 290 Å². The first-order chi connectivity index (χ1) is 35.7. The van der Waals surface area contributed by atoms with Crippen molar-refractivity contribution in [3.8, 4) is 44.5 Å². The molecule has 0 radical (unpaired) electrons. The summed E-state index contributed by atoms with van der Waals surface area (Å²) < 4.78 is 0. The van der Waals surface area contributed by atoms with Gasteiger partial charge in [0.25, 0.3) is 0 Å². The zero-order chi connectivity index (χ0) is 47.6. The van der Waals surface area contributed by atoms with Gasteiger partial charge in [0, 0.05) is 17.1 Å². The summed E-state index contributed by atoms with van der Waals surface area (Å²) in [6.45, 7) is 0. The predicted octanol–water partition coefficient (Wildman–Crippen LogP) is 19.1. The van der Waals surface area contributed by atoms with Crippen LogP contribution in [0.3, 0.4) is 0 Å². The maximum Gasteiger partial charge on any atom is 0.0725 e. The zero-order valence-electron chi connectivity index (χ0n) is 39.6. The summed E-state index contributed by atoms with van der Waals surface area (Å²) in [4.78, 5) is 2.41. The lowest BCUT2D eigenvalue weighted by Crippen LogP contribution is -2.29. The SMILES string of the molecule is c1cc(-c2cccc3c2-c2ccccc2C3(c2cccc3ccccc23)c2cccc3ccccc23)cc(N(c2ccc(-c3cccc4ccccc34)cc2)c2ccc(-c3cccc4ccccc34)cc2)c1. The molecule has 0 atom stereocenters. The van der Waals surface area contributed by atoms with Gasteiger partial charge in [-0.25, -0.2) is 0 Å². The number of fused-ring (bicyclic) bond motifs is 7. The van der Waals surface area contributed by atoms with E-state index in [1.54, 1.807) is 0 Å². The summed E-state index contributed by atoms with van der Waals surface area (Å²) in [5.74, 6) is 0. The van der Waals surface area contributed by atoms with Crippen molar-refractivity contribution in [1.29, 1.82) is 0 Å². The van der Waals surface area contributed by atoms with Crippen molar-refractivity contribution in [3.63, 3.8) is 0 Å². The molecule has 13 aromatic rings. The van der Waals surface area contributed by atoms with Crippen molar-refractivity contribution in [2.75, 3.05) is 4.90 Å². The molecule has 0 spiro atoms. The van der Waals surface area contributed by atoms with E-state index in [4.69, 9.17) is 0 Å². The van der Waals surface area contributed by atoms with E-state index in [1.807, 2.05) is 0 Å². The first kappa shape index (κ1) is 41.7. The second kappa shape index (κ2) is 17.0. The largest absolute Gasteiger partial charge is 0.310 e. The molecule has 1 aliphatic carbocycles. The van der Waals surface area contributed by atoms with Crippen LogP contribution in [0.2, 0.25) is 0 Å². The highest BCUT2D eigenvalue weighted by Crippen LogP contribution is 2.60. The summed E-state index contributed by atoms with van der Waals surface area (Å²) in [7, 11) is 0. The minimum Gasteiger partial charge on any atom is -0.310 e. The lowest BCUT2D eigenvalue weighted by atomic mass is 9.65. The van der Waals surface area contributed by atoms with Crippen LogP contribution in [-0.2, 0) is 5.41 Å². The summed E-state index contributed by atoms with van der Waals surface area (Å²) in [6, 6.07) is 106. The lowest BCUT2D eigenvalue weighted by Gasteiger charge is -2.36. The first-order valence-electron chi connectivity index (χ1n) is 25.0. The molecule has 0 unspecified atom stereocenters. The van der Waals surface area contributed by atoms with Crippen LogP contribution in [0, 0.1) is 0 Å². The van der Waals surface area contributed by atoms with E-state index in [1.165, 1.54) is 104 Å². The molecule has 0 saturated heterocycles. The fourth-order valence-corrected chi connectivity index (χ4v) is 12.2. The van der Waals surface area contributed by atoms with Gasteiger partial charge in [-0.3, -0.25) is 0 Å². The van der Waals surface area contributed by atoms with Crippen LogP contribution in [0.25, 0.3) is 87.6 Å². The van der Waals surface area contributed by atoms with Crippen molar-refractivity contribution in [1.82, 2.24) is 0 Å². The van der Waals surface area contributed by atoms with Crippen molar-refractivity contribution in [2.45, 2.75) is 5.41 Å². The van der Waals surface area contributed by atoms with E-state index in [0.717, 1.165) is 22.6 Å². The van der Waals surface area contributed by atoms with Crippen LogP contribution >= 0.6 is 0 Å². The van der Waals surface area contributed by atoms with Gasteiger partial charge < -0.3 is 4.90 Å². The van der Waals surface area contributed by atoms with Crippen LogP contribution in [0.1, 0.15) is 22.3 Å². The Morgan fingerprint density at radius 3 is 1.15 bits per heavy atom. The average molecular weight is 914 g/mol. The van der Waals surface area contributed by atoms with Crippen molar-refractivity contribution in [2.24, 2.45) is 0 Å². The molecule has 0 bridgehead atoms. The Bertz CT molecular complexity index is 4000. The normalized spacial score (nSPS) is 12.6. The van der Waals surface area contributed by atoms with Gasteiger partial charge in [-0.2, -0.15) is 0 Å². The maximum atomic E-state index is 2.41. The molecule has 1 nitrogen and oxygen atoms in total. The van der Waals surface area contributed by atoms with Crippen molar-refractivity contribution in [3.05, 3.63) is 307 Å². The van der Waals surface area contributed by atoms with Gasteiger partial charge in [-0.1, -0.05) is 249 Å². The van der Waals surface area contributed by atoms with Crippen LogP contribution in [0.5, 0.6) is 0 Å². The highest BCUT2D eigenvalue weighted by atomic mass is 15.1. The van der Waals surface area contributed by atoms with E-state index in [9.17, 15) is 0 Å². The molecule has 0 N–H and O–H groups in total. The van der Waals surface area contributed by atoms with Crippen LogP contribution in [-0.4, -0.2) is 0 Å². The number of hydrogen-bond acceptors (Lipinski definition) is 1. The third-order valence-corrected chi connectivity index (χ3v) is 15.3. The van der Waals surface area contributed by atoms with Crippen molar-refractivity contribution < 1.29 is 0 Å². The third kappa shape index (κ3) is 6.55. The number of benzene rings is 13. The van der Waals surface area contributed by atoms with Crippen molar-refractivity contribution >= 4 is 60.2 Å². The Kier molecular flexibility index (Phi) is 9.82. The molecule has 13 aromatic carbocycles. The molecular formula is C71H47N. The van der Waals surface area contributed by atoms with Gasteiger partial charge in [-0.05, 0) is 146 Å². The predicted molar refractivity (Wildman–Crippen MR) is 305 cm³/mol. The number of hydrogen-bond donors (Lipinski definition) is 0. The van der Waals surface area contributed by atoms with Crippen LogP contribution < -0.4 is 4.90 Å². The average Bonchev–Trinajstić information content (AvgIpc) is 3.76. The Morgan fingerprint density at radius 2 is 0.597 bits per heavy atom. The Balaban J connectivity index is 0.962. The highest BCUT2D eigenvalue weighted by Gasteiger charge is 2.48. The van der Waals surface area contributed by atoms with Gasteiger partial charge in [0.1, 0.15) is 0 Å². The highest BCUT2D eigenvalue weighted by molar-refractivity contribution is 6.03. The fraction of sp³-hybridized carbons (Fsp3) is 0.0141. The molecule has 72 heavy (non-hydrogen) atoms. The summed E-state index contributed by atoms with van der Waals surface area (Å²) in [5.41, 5.74) is 17.6. The van der Waals surface area contributed by atoms with E-state index >= 15 is 0 Å². The minimum absolute atomic E-state index is 0.606. The molecule has 0 amide bonds. The van der Waals surface area contributed by atoms with E-state index < -0.39 is 5.41 Å². The number of rotatable bonds is 8. The first-order valence-corrected chi connectivity index (χ1v) is 25.0. The molecule has 14 rings (SSSR count). The molecule has 0 saturated carbocycles. The second-order valence-corrected chi connectivity index (χ2v) is 19.1. The second-order valence-electron chi connectivity index (χ2n) is 19.1. The monoisotopic (exact) mass is 913 g/mol. The third-order valence-electron chi connectivity index (χ3n) is 15.3. The minimum atomic E-state index is -0.606. The van der Waals surface area contributed by atoms with Crippen LogP contribution in [0.15, 0.2) is 285 Å². The molecule has 336 valence electrons. The van der Waals surface area contributed by atoms with Crippen LogP contribution in [0.4, 0.5) is 17.1 Å². The molecule has 1 heteroatoms. The fourth-order valence-electron chi connectivity index (χ4n) is 12.2. The van der Waals surface area contributed by atoms with Gasteiger partial charge >= 0.3 is 0 Å². The molecule has 0 aromatic heterocycles. The maximum absolute atomic E-state index is 2.41. The van der Waals surface area contributed by atoms with E-state index in [0.29, 0.717) is 0 Å². The summed E-state index contributed by atoms with van der Waals surface area (Å²) >= 11 is 0. The van der Waals surface area contributed by atoms with E-state index in [-0.39, 0.29) is 0 Å². The molecule has 0 heterocycles. The molecule has 0 aliphatic heterocycles. The van der Waals surface area contributed by atoms with Gasteiger partial charge in [0.05, 0.1) is 5.41 Å². The molecular weight excluding hydrogens is 867 g/mol. The van der Waals surface area contributed by atoms with Gasteiger partial charge in [-0.15, -0.1) is 0 Å². The Morgan fingerprint density at radius 1 is 0.222 bits per heavy atom. The van der Waals surface area contributed by atoms with Gasteiger partial charge in [0.2, 0.25) is 0 Å². The Hall–Kier alpha value is -9.30. The topological polar surface area (TPSA) is 3.24 Å². The quantitative estimate of drug-likeness (QED) is 0.147. The Labute approximate surface area is 420 Å². The molecule has 0 fully saturated rings. The summed E-state index contributed by atoms with van der Waals surface area (Å²) in [5, 5.41) is 9.98. The standard InChI is InChI=1S/C71H47N/c1-5-27-58-48(17-1)21-12-32-60(58)52-39-43-55(44-40-52)72(56-45-41-53(42-46-56)61-33-13-22-49-18-2-6-28-59(49)61)57-26-11-25-54(47-57)64-34-16-38-69-70(64)65-31-9-10-35-68(65)71(69,66-36-14-23-50-19-3-7-29-62(50)66)67-37-15-24-51-20-4-8-30-63(51)67/h1-47H. The van der Waals surface area contributed by atoms with Gasteiger partial charge in [0.15, 0.2) is 0 Å². The number of anilines is 3. The lowest BCUT2D eigenvalue weighted by molar-refractivity contribution is 0.785. The number of nitrogens with zero attached hydrogens (tertiary/aromatic N) is 1. The smallest absolute Gasteiger partial charge is 0.0725 e. The molecule has 1 aliphatic rings. The zero-order valence-corrected chi connectivity index (χ0v) is 39.6.